The van der Waals surface area contributed by atoms with Gasteiger partial charge in [0.15, 0.2) is 0 Å². The lowest BCUT2D eigenvalue weighted by molar-refractivity contribution is 0.0606. The molecule has 0 unspecified atom stereocenters. The SMILES string of the molecule is CN(CC(F)F)C(=O)c1ccccc1C(=O)O. The van der Waals surface area contributed by atoms with Crippen LogP contribution in [0.3, 0.4) is 0 Å². The van der Waals surface area contributed by atoms with Crippen molar-refractivity contribution < 1.29 is 23.5 Å². The van der Waals surface area contributed by atoms with Gasteiger partial charge < -0.3 is 10.0 Å². The number of carbonyl (C=O) groups excluding carboxylic acids is 1. The molecule has 0 aliphatic rings. The van der Waals surface area contributed by atoms with Gasteiger partial charge in [-0.1, -0.05) is 12.1 Å². The van der Waals surface area contributed by atoms with E-state index in [2.05, 4.69) is 0 Å². The van der Waals surface area contributed by atoms with Crippen LogP contribution in [0.25, 0.3) is 0 Å². The zero-order chi connectivity index (χ0) is 13.0. The van der Waals surface area contributed by atoms with Crippen LogP contribution in [0.2, 0.25) is 0 Å². The van der Waals surface area contributed by atoms with Gasteiger partial charge in [-0.2, -0.15) is 0 Å². The fraction of sp³-hybridized carbons (Fsp3) is 0.273. The molecule has 0 bridgehead atoms. The number of aromatic carboxylic acids is 1. The average molecular weight is 243 g/mol. The first-order chi connectivity index (χ1) is 7.93. The quantitative estimate of drug-likeness (QED) is 0.876. The first-order valence-corrected chi connectivity index (χ1v) is 4.79. The maximum atomic E-state index is 12.1. The summed E-state index contributed by atoms with van der Waals surface area (Å²) in [7, 11) is 1.20. The van der Waals surface area contributed by atoms with E-state index in [1.165, 1.54) is 31.3 Å². The average Bonchev–Trinajstić information content (AvgIpc) is 2.27. The Hall–Kier alpha value is -1.98. The highest BCUT2D eigenvalue weighted by molar-refractivity contribution is 6.04. The van der Waals surface area contributed by atoms with E-state index < -0.39 is 24.8 Å². The zero-order valence-electron chi connectivity index (χ0n) is 9.06. The molecule has 0 fully saturated rings. The lowest BCUT2D eigenvalue weighted by Gasteiger charge is -2.17. The second kappa shape index (κ2) is 5.38. The molecule has 0 saturated heterocycles. The van der Waals surface area contributed by atoms with Crippen LogP contribution in [0.1, 0.15) is 20.7 Å². The van der Waals surface area contributed by atoms with Crippen molar-refractivity contribution in [3.8, 4) is 0 Å². The van der Waals surface area contributed by atoms with Gasteiger partial charge in [-0.15, -0.1) is 0 Å². The Balaban J connectivity index is 3.00. The molecule has 92 valence electrons. The number of amides is 1. The zero-order valence-corrected chi connectivity index (χ0v) is 9.06. The Kier molecular flexibility index (Phi) is 4.14. The minimum absolute atomic E-state index is 0.0943. The fourth-order valence-corrected chi connectivity index (χ4v) is 1.35. The molecule has 1 aromatic rings. The summed E-state index contributed by atoms with van der Waals surface area (Å²) in [4.78, 5) is 23.4. The summed E-state index contributed by atoms with van der Waals surface area (Å²) in [5.41, 5.74) is -0.290. The Bertz CT molecular complexity index is 434. The van der Waals surface area contributed by atoms with Crippen molar-refractivity contribution in [3.05, 3.63) is 35.4 Å². The van der Waals surface area contributed by atoms with Crippen molar-refractivity contribution in [1.29, 1.82) is 0 Å². The number of alkyl halides is 2. The van der Waals surface area contributed by atoms with Crippen molar-refractivity contribution in [2.24, 2.45) is 0 Å². The van der Waals surface area contributed by atoms with Crippen LogP contribution in [0.15, 0.2) is 24.3 Å². The molecule has 4 nitrogen and oxygen atoms in total. The number of hydrogen-bond acceptors (Lipinski definition) is 2. The third-order valence-electron chi connectivity index (χ3n) is 2.15. The van der Waals surface area contributed by atoms with Gasteiger partial charge in [-0.05, 0) is 12.1 Å². The molecule has 0 atom stereocenters. The number of nitrogens with zero attached hydrogens (tertiary/aromatic N) is 1. The molecule has 1 rings (SSSR count). The molecule has 0 aliphatic carbocycles. The molecule has 17 heavy (non-hydrogen) atoms. The van der Waals surface area contributed by atoms with Gasteiger partial charge in [0.2, 0.25) is 0 Å². The summed E-state index contributed by atoms with van der Waals surface area (Å²) in [6.45, 7) is -0.729. The molecule has 0 aliphatic heterocycles. The summed E-state index contributed by atoms with van der Waals surface area (Å²) in [6.07, 6.45) is -2.65. The fourth-order valence-electron chi connectivity index (χ4n) is 1.35. The minimum atomic E-state index is -2.65. The summed E-state index contributed by atoms with van der Waals surface area (Å²) >= 11 is 0. The first kappa shape index (κ1) is 13.1. The van der Waals surface area contributed by atoms with Gasteiger partial charge in [0.1, 0.15) is 0 Å². The van der Waals surface area contributed by atoms with Crippen molar-refractivity contribution >= 4 is 11.9 Å². The second-order valence-corrected chi connectivity index (χ2v) is 3.43. The lowest BCUT2D eigenvalue weighted by atomic mass is 10.1. The van der Waals surface area contributed by atoms with E-state index in [-0.39, 0.29) is 11.1 Å². The minimum Gasteiger partial charge on any atom is -0.478 e. The van der Waals surface area contributed by atoms with Gasteiger partial charge in [0, 0.05) is 7.05 Å². The van der Waals surface area contributed by atoms with Crippen molar-refractivity contribution in [3.63, 3.8) is 0 Å². The van der Waals surface area contributed by atoms with Crippen LogP contribution in [0, 0.1) is 0 Å². The van der Waals surface area contributed by atoms with Gasteiger partial charge >= 0.3 is 5.97 Å². The molecular weight excluding hydrogens is 232 g/mol. The smallest absolute Gasteiger partial charge is 0.336 e. The Morgan fingerprint density at radius 1 is 1.29 bits per heavy atom. The summed E-state index contributed by atoms with van der Waals surface area (Å²) in [5.74, 6) is -2.00. The van der Waals surface area contributed by atoms with Gasteiger partial charge in [-0.25, -0.2) is 13.6 Å². The third kappa shape index (κ3) is 3.24. The van der Waals surface area contributed by atoms with E-state index in [0.717, 1.165) is 4.90 Å². The van der Waals surface area contributed by atoms with E-state index in [9.17, 15) is 18.4 Å². The highest BCUT2D eigenvalue weighted by Gasteiger charge is 2.20. The number of benzene rings is 1. The molecule has 0 saturated carbocycles. The highest BCUT2D eigenvalue weighted by Crippen LogP contribution is 2.12. The normalized spacial score (nSPS) is 10.4. The third-order valence-corrected chi connectivity index (χ3v) is 2.15. The molecule has 0 aromatic heterocycles. The van der Waals surface area contributed by atoms with Crippen LogP contribution >= 0.6 is 0 Å². The molecule has 0 radical (unpaired) electrons. The topological polar surface area (TPSA) is 57.6 Å². The molecule has 0 spiro atoms. The van der Waals surface area contributed by atoms with Crippen LogP contribution < -0.4 is 0 Å². The van der Waals surface area contributed by atoms with Gasteiger partial charge in [-0.3, -0.25) is 4.79 Å². The highest BCUT2D eigenvalue weighted by atomic mass is 19.3. The molecule has 1 aromatic carbocycles. The van der Waals surface area contributed by atoms with Gasteiger partial charge in [0.05, 0.1) is 17.7 Å². The van der Waals surface area contributed by atoms with Crippen LogP contribution in [0.4, 0.5) is 8.78 Å². The molecular formula is C11H11F2NO3. The van der Waals surface area contributed by atoms with Crippen molar-refractivity contribution in [1.82, 2.24) is 4.90 Å². The van der Waals surface area contributed by atoms with E-state index in [4.69, 9.17) is 5.11 Å². The second-order valence-electron chi connectivity index (χ2n) is 3.43. The number of halogens is 2. The first-order valence-electron chi connectivity index (χ1n) is 4.79. The van der Waals surface area contributed by atoms with E-state index >= 15 is 0 Å². The van der Waals surface area contributed by atoms with Crippen LogP contribution in [0.5, 0.6) is 0 Å². The largest absolute Gasteiger partial charge is 0.478 e. The molecule has 1 N–H and O–H groups in total. The Morgan fingerprint density at radius 3 is 2.29 bits per heavy atom. The molecule has 0 heterocycles. The van der Waals surface area contributed by atoms with Gasteiger partial charge in [0.25, 0.3) is 12.3 Å². The predicted octanol–water partition coefficient (Wildman–Crippen LogP) is 1.72. The van der Waals surface area contributed by atoms with Crippen LogP contribution in [-0.2, 0) is 0 Å². The summed E-state index contributed by atoms with van der Waals surface area (Å²) < 4.78 is 24.2. The monoisotopic (exact) mass is 243 g/mol. The number of carbonyl (C=O) groups is 2. The maximum Gasteiger partial charge on any atom is 0.336 e. The summed E-state index contributed by atoms with van der Waals surface area (Å²) in [6, 6.07) is 5.50. The Morgan fingerprint density at radius 2 is 1.82 bits per heavy atom. The van der Waals surface area contributed by atoms with Crippen molar-refractivity contribution in [2.45, 2.75) is 6.43 Å². The number of hydrogen-bond donors (Lipinski definition) is 1. The van der Waals surface area contributed by atoms with E-state index in [0.29, 0.717) is 0 Å². The predicted molar refractivity (Wildman–Crippen MR) is 56.4 cm³/mol. The van der Waals surface area contributed by atoms with E-state index in [1.807, 2.05) is 0 Å². The maximum absolute atomic E-state index is 12.1. The molecule has 1 amide bonds. The Labute approximate surface area is 96.5 Å². The van der Waals surface area contributed by atoms with Crippen molar-refractivity contribution in [2.75, 3.05) is 13.6 Å². The standard InChI is InChI=1S/C11H11F2NO3/c1-14(6-9(12)13)10(15)7-4-2-3-5-8(7)11(16)17/h2-5,9H,6H2,1H3,(H,16,17). The van der Waals surface area contributed by atoms with Crippen LogP contribution in [-0.4, -0.2) is 41.9 Å². The van der Waals surface area contributed by atoms with E-state index in [1.54, 1.807) is 0 Å². The number of carboxylic acids is 1. The number of rotatable bonds is 4. The molecule has 6 heteroatoms. The lowest BCUT2D eigenvalue weighted by Crippen LogP contribution is -2.32. The summed E-state index contributed by atoms with van der Waals surface area (Å²) in [5, 5.41) is 8.86. The number of carboxylic acid groups (broad SMARTS) is 1.